The molecule has 0 radical (unpaired) electrons. The van der Waals surface area contributed by atoms with E-state index in [1.807, 2.05) is 30.3 Å². The highest BCUT2D eigenvalue weighted by atomic mass is 19.1. The summed E-state index contributed by atoms with van der Waals surface area (Å²) in [4.78, 5) is 26.6. The number of nitrogen functional groups attached to an aromatic ring is 1. The molecule has 3 rings (SSSR count). The number of nitrogens with zero attached hydrogens (tertiary/aromatic N) is 3. The predicted octanol–water partition coefficient (Wildman–Crippen LogP) is 2.24. The molecular weight excluding hydrogens is 413 g/mol. The maximum Gasteiger partial charge on any atom is 0.256 e. The number of halogens is 1. The zero-order valence-corrected chi connectivity index (χ0v) is 18.0. The molecule has 32 heavy (non-hydrogen) atoms. The minimum absolute atomic E-state index is 0.0738. The van der Waals surface area contributed by atoms with Crippen LogP contribution in [0.15, 0.2) is 60.8 Å². The molecule has 1 aromatic heterocycles. The normalized spacial score (nSPS) is 12.8. The molecule has 3 aromatic rings. The number of rotatable bonds is 8. The molecule has 0 bridgehead atoms. The SMILES string of the molecule is CCN(CC(C)(O)CNC(=O)c1cnn(-c2ccccc2)c1N)C(=O)c1ccccc1F. The van der Waals surface area contributed by atoms with Crippen LogP contribution in [-0.4, -0.2) is 56.8 Å². The lowest BCUT2D eigenvalue weighted by molar-refractivity contribution is 0.0193. The van der Waals surface area contributed by atoms with E-state index in [2.05, 4.69) is 10.4 Å². The van der Waals surface area contributed by atoms with E-state index in [0.717, 1.165) is 0 Å². The summed E-state index contributed by atoms with van der Waals surface area (Å²) >= 11 is 0. The van der Waals surface area contributed by atoms with Crippen LogP contribution in [0.1, 0.15) is 34.6 Å². The number of hydrogen-bond acceptors (Lipinski definition) is 5. The third kappa shape index (κ3) is 5.12. The van der Waals surface area contributed by atoms with Crippen molar-refractivity contribution in [2.24, 2.45) is 0 Å². The Morgan fingerprint density at radius 2 is 1.81 bits per heavy atom. The Bertz CT molecular complexity index is 1100. The van der Waals surface area contributed by atoms with Crippen molar-refractivity contribution in [3.63, 3.8) is 0 Å². The summed E-state index contributed by atoms with van der Waals surface area (Å²) in [6.45, 7) is 3.22. The number of likely N-dealkylation sites (N-methyl/N-ethyl adjacent to an activating group) is 1. The number of nitrogens with two attached hydrogens (primary N) is 1. The monoisotopic (exact) mass is 439 g/mol. The number of anilines is 1. The minimum atomic E-state index is -1.46. The van der Waals surface area contributed by atoms with E-state index in [0.29, 0.717) is 5.69 Å². The summed E-state index contributed by atoms with van der Waals surface area (Å²) in [5.41, 5.74) is 5.43. The molecule has 0 saturated heterocycles. The molecule has 9 heteroatoms. The van der Waals surface area contributed by atoms with Gasteiger partial charge < -0.3 is 21.1 Å². The average molecular weight is 439 g/mol. The van der Waals surface area contributed by atoms with Crippen LogP contribution in [0.3, 0.4) is 0 Å². The first-order chi connectivity index (χ1) is 15.2. The van der Waals surface area contributed by atoms with E-state index < -0.39 is 23.2 Å². The van der Waals surface area contributed by atoms with Gasteiger partial charge in [-0.25, -0.2) is 9.07 Å². The average Bonchev–Trinajstić information content (AvgIpc) is 3.18. The number of carbonyl (C=O) groups excluding carboxylic acids is 2. The van der Waals surface area contributed by atoms with Crippen LogP contribution in [0.2, 0.25) is 0 Å². The largest absolute Gasteiger partial charge is 0.386 e. The van der Waals surface area contributed by atoms with Gasteiger partial charge in [-0.3, -0.25) is 9.59 Å². The Morgan fingerprint density at radius 1 is 1.16 bits per heavy atom. The van der Waals surface area contributed by atoms with Gasteiger partial charge in [0.1, 0.15) is 17.2 Å². The maximum atomic E-state index is 14.0. The van der Waals surface area contributed by atoms with Crippen molar-refractivity contribution in [3.8, 4) is 5.69 Å². The molecule has 0 spiro atoms. The van der Waals surface area contributed by atoms with Gasteiger partial charge in [-0.05, 0) is 38.1 Å². The van der Waals surface area contributed by atoms with Gasteiger partial charge >= 0.3 is 0 Å². The van der Waals surface area contributed by atoms with Crippen molar-refractivity contribution < 1.29 is 19.1 Å². The predicted molar refractivity (Wildman–Crippen MR) is 119 cm³/mol. The fourth-order valence-corrected chi connectivity index (χ4v) is 3.27. The van der Waals surface area contributed by atoms with Gasteiger partial charge in [-0.2, -0.15) is 5.10 Å². The van der Waals surface area contributed by atoms with Crippen LogP contribution >= 0.6 is 0 Å². The Morgan fingerprint density at radius 3 is 2.47 bits per heavy atom. The van der Waals surface area contributed by atoms with E-state index in [-0.39, 0.29) is 36.6 Å². The second kappa shape index (κ2) is 9.61. The molecule has 1 atom stereocenters. The van der Waals surface area contributed by atoms with Gasteiger partial charge in [0.2, 0.25) is 0 Å². The van der Waals surface area contributed by atoms with Crippen LogP contribution in [0, 0.1) is 5.82 Å². The van der Waals surface area contributed by atoms with E-state index in [1.165, 1.54) is 40.9 Å². The van der Waals surface area contributed by atoms with Crippen LogP contribution in [0.25, 0.3) is 5.69 Å². The summed E-state index contributed by atoms with van der Waals surface area (Å²) in [5.74, 6) is -1.51. The standard InChI is InChI=1S/C23H26FN5O3/c1-3-28(22(31)17-11-7-8-12-19(17)24)15-23(2,32)14-26-21(30)18-13-27-29(20(18)25)16-9-5-4-6-10-16/h4-13,32H,3,14-15,25H2,1-2H3,(H,26,30). The molecular formula is C23H26FN5O3. The number of aromatic nitrogens is 2. The van der Waals surface area contributed by atoms with Crippen molar-refractivity contribution in [1.29, 1.82) is 0 Å². The molecule has 168 valence electrons. The molecule has 8 nitrogen and oxygen atoms in total. The van der Waals surface area contributed by atoms with Crippen molar-refractivity contribution in [3.05, 3.63) is 77.7 Å². The number of benzene rings is 2. The van der Waals surface area contributed by atoms with E-state index in [9.17, 15) is 19.1 Å². The molecule has 0 fully saturated rings. The first-order valence-electron chi connectivity index (χ1n) is 10.2. The summed E-state index contributed by atoms with van der Waals surface area (Å²) in [6, 6.07) is 14.8. The molecule has 2 aromatic carbocycles. The number of amides is 2. The second-order valence-corrected chi connectivity index (χ2v) is 7.67. The van der Waals surface area contributed by atoms with Crippen molar-refractivity contribution >= 4 is 17.6 Å². The Hall–Kier alpha value is -3.72. The van der Waals surface area contributed by atoms with Gasteiger partial charge in [0.15, 0.2) is 0 Å². The second-order valence-electron chi connectivity index (χ2n) is 7.67. The number of hydrogen-bond donors (Lipinski definition) is 3. The zero-order valence-electron chi connectivity index (χ0n) is 18.0. The Kier molecular flexibility index (Phi) is 6.89. The van der Waals surface area contributed by atoms with Gasteiger partial charge in [-0.1, -0.05) is 30.3 Å². The number of para-hydroxylation sites is 1. The summed E-state index contributed by atoms with van der Waals surface area (Å²) in [6.07, 6.45) is 1.35. The van der Waals surface area contributed by atoms with Crippen LogP contribution in [-0.2, 0) is 0 Å². The van der Waals surface area contributed by atoms with E-state index >= 15 is 0 Å². The quantitative estimate of drug-likeness (QED) is 0.498. The van der Waals surface area contributed by atoms with Gasteiger partial charge in [0, 0.05) is 13.1 Å². The molecule has 0 aliphatic heterocycles. The number of carbonyl (C=O) groups is 2. The lowest BCUT2D eigenvalue weighted by atomic mass is 10.1. The molecule has 2 amide bonds. The van der Waals surface area contributed by atoms with Gasteiger partial charge in [-0.15, -0.1) is 0 Å². The minimum Gasteiger partial charge on any atom is -0.386 e. The molecule has 1 heterocycles. The first kappa shape index (κ1) is 23.0. The fraction of sp³-hybridized carbons (Fsp3) is 0.261. The zero-order chi connectivity index (χ0) is 23.3. The summed E-state index contributed by atoms with van der Waals surface area (Å²) in [7, 11) is 0. The highest BCUT2D eigenvalue weighted by Crippen LogP contribution is 2.17. The Balaban J connectivity index is 1.65. The lowest BCUT2D eigenvalue weighted by Crippen LogP contribution is -2.50. The van der Waals surface area contributed by atoms with Crippen molar-refractivity contribution in [1.82, 2.24) is 20.0 Å². The van der Waals surface area contributed by atoms with Gasteiger partial charge in [0.25, 0.3) is 11.8 Å². The van der Waals surface area contributed by atoms with Crippen molar-refractivity contribution in [2.75, 3.05) is 25.4 Å². The highest BCUT2D eigenvalue weighted by molar-refractivity contribution is 5.98. The smallest absolute Gasteiger partial charge is 0.256 e. The number of nitrogens with one attached hydrogen (secondary N) is 1. The van der Waals surface area contributed by atoms with E-state index in [4.69, 9.17) is 5.73 Å². The molecule has 0 saturated carbocycles. The van der Waals surface area contributed by atoms with Crippen LogP contribution < -0.4 is 11.1 Å². The summed E-state index contributed by atoms with van der Waals surface area (Å²) < 4.78 is 15.4. The van der Waals surface area contributed by atoms with Gasteiger partial charge in [0.05, 0.1) is 29.6 Å². The molecule has 0 aliphatic carbocycles. The highest BCUT2D eigenvalue weighted by Gasteiger charge is 2.29. The van der Waals surface area contributed by atoms with Crippen LogP contribution in [0.5, 0.6) is 0 Å². The summed E-state index contributed by atoms with van der Waals surface area (Å²) in [5, 5.41) is 17.6. The topological polar surface area (TPSA) is 113 Å². The van der Waals surface area contributed by atoms with Crippen molar-refractivity contribution in [2.45, 2.75) is 19.4 Å². The molecule has 1 unspecified atom stereocenters. The lowest BCUT2D eigenvalue weighted by Gasteiger charge is -2.31. The first-order valence-corrected chi connectivity index (χ1v) is 10.2. The third-order valence-electron chi connectivity index (χ3n) is 4.99. The maximum absolute atomic E-state index is 14.0. The van der Waals surface area contributed by atoms with Crippen LogP contribution in [0.4, 0.5) is 10.2 Å². The number of aliphatic hydroxyl groups is 1. The Labute approximate surface area is 185 Å². The third-order valence-corrected chi connectivity index (χ3v) is 4.99. The van der Waals surface area contributed by atoms with E-state index in [1.54, 1.807) is 13.0 Å². The molecule has 0 aliphatic rings. The molecule has 4 N–H and O–H groups in total. The fourth-order valence-electron chi connectivity index (χ4n) is 3.27.